The van der Waals surface area contributed by atoms with Crippen LogP contribution in [0.3, 0.4) is 0 Å². The predicted octanol–water partition coefficient (Wildman–Crippen LogP) is 2.19. The summed E-state index contributed by atoms with van der Waals surface area (Å²) >= 11 is 0. The lowest BCUT2D eigenvalue weighted by molar-refractivity contribution is 0.0708. The zero-order valence-electron chi connectivity index (χ0n) is 12.3. The van der Waals surface area contributed by atoms with Crippen molar-refractivity contribution in [1.29, 1.82) is 0 Å². The first kappa shape index (κ1) is 14.3. The summed E-state index contributed by atoms with van der Waals surface area (Å²) in [6, 6.07) is 0.830. The van der Waals surface area contributed by atoms with E-state index in [9.17, 15) is 0 Å². The Kier molecular flexibility index (Phi) is 4.05. The Morgan fingerprint density at radius 3 is 2.61 bits per heavy atom. The quantitative estimate of drug-likeness (QED) is 0.764. The summed E-state index contributed by atoms with van der Waals surface area (Å²) in [5.41, 5.74) is 0.810. The molecule has 4 atom stereocenters. The lowest BCUT2D eigenvalue weighted by Crippen LogP contribution is -2.54. The molecule has 2 rings (SSSR count). The Bertz CT molecular complexity index is 281. The monoisotopic (exact) mass is 255 g/mol. The minimum atomic E-state index is 0.230. The number of aliphatic hydroxyl groups is 1. The Hall–Kier alpha value is -0.120. The smallest absolute Gasteiger partial charge is 0.0616 e. The molecule has 0 saturated heterocycles. The molecular formula is C15H29NO2. The highest BCUT2D eigenvalue weighted by atomic mass is 16.5. The summed E-state index contributed by atoms with van der Waals surface area (Å²) in [7, 11) is 1.74. The Balaban J connectivity index is 2.07. The molecule has 2 aliphatic carbocycles. The van der Waals surface area contributed by atoms with Crippen molar-refractivity contribution in [2.24, 2.45) is 16.7 Å². The zero-order valence-corrected chi connectivity index (χ0v) is 12.3. The first-order valence-corrected chi connectivity index (χ1v) is 7.30. The van der Waals surface area contributed by atoms with Crippen LogP contribution >= 0.6 is 0 Å². The van der Waals surface area contributed by atoms with Crippen LogP contribution in [0, 0.1) is 16.7 Å². The minimum absolute atomic E-state index is 0.230. The van der Waals surface area contributed by atoms with Gasteiger partial charge in [-0.3, -0.25) is 0 Å². The third-order valence-corrected chi connectivity index (χ3v) is 5.52. The normalized spacial score (nSPS) is 39.2. The van der Waals surface area contributed by atoms with Crippen LogP contribution in [0.2, 0.25) is 0 Å². The maximum absolute atomic E-state index is 9.17. The molecule has 106 valence electrons. The first-order chi connectivity index (χ1) is 8.44. The van der Waals surface area contributed by atoms with Crippen LogP contribution in [-0.2, 0) is 4.74 Å². The molecule has 18 heavy (non-hydrogen) atoms. The van der Waals surface area contributed by atoms with Gasteiger partial charge in [-0.1, -0.05) is 20.8 Å². The summed E-state index contributed by atoms with van der Waals surface area (Å²) < 4.78 is 5.27. The van der Waals surface area contributed by atoms with Crippen molar-refractivity contribution in [1.82, 2.24) is 5.32 Å². The molecule has 0 aromatic rings. The van der Waals surface area contributed by atoms with Crippen molar-refractivity contribution in [3.63, 3.8) is 0 Å². The lowest BCUT2D eigenvalue weighted by atomic mass is 9.68. The van der Waals surface area contributed by atoms with Gasteiger partial charge in [0.25, 0.3) is 0 Å². The number of hydrogen-bond acceptors (Lipinski definition) is 3. The van der Waals surface area contributed by atoms with E-state index >= 15 is 0 Å². The first-order valence-electron chi connectivity index (χ1n) is 7.30. The Morgan fingerprint density at radius 2 is 2.11 bits per heavy atom. The molecule has 0 heterocycles. The van der Waals surface area contributed by atoms with E-state index in [2.05, 4.69) is 26.1 Å². The van der Waals surface area contributed by atoms with E-state index in [0.717, 1.165) is 12.3 Å². The molecule has 2 fully saturated rings. The minimum Gasteiger partial charge on any atom is -0.396 e. The highest BCUT2D eigenvalue weighted by Gasteiger charge is 2.59. The van der Waals surface area contributed by atoms with E-state index in [4.69, 9.17) is 9.84 Å². The molecule has 3 heteroatoms. The van der Waals surface area contributed by atoms with E-state index in [1.165, 1.54) is 19.3 Å². The van der Waals surface area contributed by atoms with E-state index in [1.54, 1.807) is 7.11 Å². The Morgan fingerprint density at radius 1 is 1.39 bits per heavy atom. The molecule has 2 N–H and O–H groups in total. The summed E-state index contributed by atoms with van der Waals surface area (Å²) in [6.07, 6.45) is 4.87. The van der Waals surface area contributed by atoms with Gasteiger partial charge in [-0.25, -0.2) is 0 Å². The molecule has 4 unspecified atom stereocenters. The molecule has 0 aromatic heterocycles. The third kappa shape index (κ3) is 2.33. The number of fused-ring (bicyclic) bond motifs is 2. The maximum Gasteiger partial charge on any atom is 0.0616 e. The van der Waals surface area contributed by atoms with Crippen molar-refractivity contribution in [3.8, 4) is 0 Å². The molecular weight excluding hydrogens is 226 g/mol. The average molecular weight is 255 g/mol. The van der Waals surface area contributed by atoms with Crippen molar-refractivity contribution in [3.05, 3.63) is 0 Å². The van der Waals surface area contributed by atoms with Crippen LogP contribution in [0.15, 0.2) is 0 Å². The van der Waals surface area contributed by atoms with Crippen LogP contribution in [0.25, 0.3) is 0 Å². The predicted molar refractivity (Wildman–Crippen MR) is 73.5 cm³/mol. The van der Waals surface area contributed by atoms with Gasteiger partial charge in [0, 0.05) is 25.8 Å². The van der Waals surface area contributed by atoms with E-state index < -0.39 is 0 Å². The van der Waals surface area contributed by atoms with Crippen LogP contribution < -0.4 is 5.32 Å². The highest BCUT2D eigenvalue weighted by molar-refractivity contribution is 5.12. The van der Waals surface area contributed by atoms with Gasteiger partial charge in [0.15, 0.2) is 0 Å². The second-order valence-corrected chi connectivity index (χ2v) is 7.18. The van der Waals surface area contributed by atoms with E-state index in [0.29, 0.717) is 23.5 Å². The van der Waals surface area contributed by atoms with Crippen molar-refractivity contribution < 1.29 is 9.84 Å². The van der Waals surface area contributed by atoms with Crippen molar-refractivity contribution in [2.75, 3.05) is 20.3 Å². The SMILES string of the molecule is COCC(CCO)NC1C2(C)CCC(C2)C1(C)C. The van der Waals surface area contributed by atoms with Gasteiger partial charge < -0.3 is 15.2 Å². The Labute approximate surface area is 111 Å². The standard InChI is InChI=1S/C15H29NO2/c1-14(2)11-5-7-15(3,9-11)13(14)16-12(6-8-17)10-18-4/h11-13,16-17H,5-10H2,1-4H3. The number of hydrogen-bond donors (Lipinski definition) is 2. The van der Waals surface area contributed by atoms with Crippen LogP contribution in [0.4, 0.5) is 0 Å². The lowest BCUT2D eigenvalue weighted by Gasteiger charge is -2.45. The number of ether oxygens (including phenoxy) is 1. The van der Waals surface area contributed by atoms with Crippen molar-refractivity contribution >= 4 is 0 Å². The van der Waals surface area contributed by atoms with Gasteiger partial charge in [0.05, 0.1) is 6.61 Å². The molecule has 0 spiro atoms. The average Bonchev–Trinajstić information content (AvgIpc) is 2.76. The van der Waals surface area contributed by atoms with Gasteiger partial charge in [0.2, 0.25) is 0 Å². The molecule has 0 aromatic carbocycles. The molecule has 2 aliphatic rings. The van der Waals surface area contributed by atoms with Crippen LogP contribution in [0.1, 0.15) is 46.5 Å². The van der Waals surface area contributed by atoms with Gasteiger partial charge in [-0.2, -0.15) is 0 Å². The van der Waals surface area contributed by atoms with Gasteiger partial charge >= 0.3 is 0 Å². The largest absolute Gasteiger partial charge is 0.396 e. The second kappa shape index (κ2) is 5.10. The van der Waals surface area contributed by atoms with Crippen molar-refractivity contribution in [2.45, 2.75) is 58.5 Å². The fourth-order valence-corrected chi connectivity index (χ4v) is 4.53. The summed E-state index contributed by atoms with van der Waals surface area (Å²) in [5, 5.41) is 13.0. The topological polar surface area (TPSA) is 41.5 Å². The van der Waals surface area contributed by atoms with Gasteiger partial charge in [0.1, 0.15) is 0 Å². The van der Waals surface area contributed by atoms with E-state index in [-0.39, 0.29) is 12.6 Å². The molecule has 0 aliphatic heterocycles. The molecule has 3 nitrogen and oxygen atoms in total. The van der Waals surface area contributed by atoms with Crippen LogP contribution in [0.5, 0.6) is 0 Å². The van der Waals surface area contributed by atoms with E-state index in [1.807, 2.05) is 0 Å². The number of rotatable bonds is 6. The zero-order chi connectivity index (χ0) is 13.4. The maximum atomic E-state index is 9.17. The summed E-state index contributed by atoms with van der Waals surface area (Å²) in [5.74, 6) is 0.859. The second-order valence-electron chi connectivity index (χ2n) is 7.18. The van der Waals surface area contributed by atoms with Gasteiger partial charge in [-0.15, -0.1) is 0 Å². The highest BCUT2D eigenvalue weighted by Crippen LogP contribution is 2.62. The number of nitrogens with one attached hydrogen (secondary N) is 1. The molecule has 0 radical (unpaired) electrons. The fourth-order valence-electron chi connectivity index (χ4n) is 4.53. The summed E-state index contributed by atoms with van der Waals surface area (Å²) in [4.78, 5) is 0. The summed E-state index contributed by atoms with van der Waals surface area (Å²) in [6.45, 7) is 8.16. The molecule has 2 bridgehead atoms. The third-order valence-electron chi connectivity index (χ3n) is 5.52. The molecule has 2 saturated carbocycles. The van der Waals surface area contributed by atoms with Gasteiger partial charge in [-0.05, 0) is 42.4 Å². The number of methoxy groups -OCH3 is 1. The fraction of sp³-hybridized carbons (Fsp3) is 1.00. The molecule has 0 amide bonds. The van der Waals surface area contributed by atoms with Crippen LogP contribution in [-0.4, -0.2) is 37.5 Å². The number of aliphatic hydroxyl groups excluding tert-OH is 1.